The van der Waals surface area contributed by atoms with Crippen LogP contribution in [0.2, 0.25) is 10.0 Å². The molecule has 118 valence electrons. The molecule has 0 fully saturated rings. The molecule has 0 aliphatic rings. The van der Waals surface area contributed by atoms with Gasteiger partial charge in [0, 0.05) is 10.0 Å². The van der Waals surface area contributed by atoms with Gasteiger partial charge in [-0.05, 0) is 54.4 Å². The average molecular weight is 359 g/mol. The van der Waals surface area contributed by atoms with Crippen LogP contribution < -0.4 is 9.05 Å². The van der Waals surface area contributed by atoms with Gasteiger partial charge in [0.05, 0.1) is 6.16 Å². The van der Waals surface area contributed by atoms with E-state index in [9.17, 15) is 4.57 Å². The van der Waals surface area contributed by atoms with Crippen LogP contribution in [0.15, 0.2) is 48.5 Å². The highest BCUT2D eigenvalue weighted by molar-refractivity contribution is 7.54. The smallest absolute Gasteiger partial charge is 0.416 e. The maximum atomic E-state index is 13.0. The van der Waals surface area contributed by atoms with Gasteiger partial charge in [0.25, 0.3) is 0 Å². The molecule has 22 heavy (non-hydrogen) atoms. The summed E-state index contributed by atoms with van der Waals surface area (Å²) < 4.78 is 24.3. The SMILES string of the molecule is CC(C)CP(=O)(Oc1ccc(Cl)cc1)Oc1ccc(Cl)cc1. The highest BCUT2D eigenvalue weighted by atomic mass is 35.5. The molecule has 0 N–H and O–H groups in total. The zero-order chi connectivity index (χ0) is 16.2. The fourth-order valence-electron chi connectivity index (χ4n) is 1.85. The van der Waals surface area contributed by atoms with Gasteiger partial charge >= 0.3 is 7.60 Å². The van der Waals surface area contributed by atoms with Crippen LogP contribution >= 0.6 is 30.8 Å². The van der Waals surface area contributed by atoms with E-state index in [1.807, 2.05) is 13.8 Å². The zero-order valence-electron chi connectivity index (χ0n) is 12.3. The van der Waals surface area contributed by atoms with E-state index >= 15 is 0 Å². The molecule has 0 bridgehead atoms. The topological polar surface area (TPSA) is 35.5 Å². The molecule has 0 aliphatic carbocycles. The Hall–Kier alpha value is -1.15. The Bertz CT molecular complexity index is 603. The Morgan fingerprint density at radius 2 is 1.23 bits per heavy atom. The number of hydrogen-bond acceptors (Lipinski definition) is 3. The van der Waals surface area contributed by atoms with Gasteiger partial charge in [-0.25, -0.2) is 4.57 Å². The summed E-state index contributed by atoms with van der Waals surface area (Å²) in [6.07, 6.45) is 0.304. The predicted octanol–water partition coefficient (Wildman–Crippen LogP) is 6.30. The Morgan fingerprint density at radius 3 is 1.55 bits per heavy atom. The van der Waals surface area contributed by atoms with Crippen LogP contribution in [0.3, 0.4) is 0 Å². The molecule has 0 heterocycles. The molecule has 3 nitrogen and oxygen atoms in total. The molecule has 0 spiro atoms. The number of halogens is 2. The molecule has 2 aromatic carbocycles. The summed E-state index contributed by atoms with van der Waals surface area (Å²) in [5, 5.41) is 1.18. The van der Waals surface area contributed by atoms with Gasteiger partial charge in [-0.2, -0.15) is 0 Å². The van der Waals surface area contributed by atoms with E-state index in [0.717, 1.165) is 0 Å². The molecule has 0 unspecified atom stereocenters. The Balaban J connectivity index is 2.21. The van der Waals surface area contributed by atoms with E-state index in [4.69, 9.17) is 32.2 Å². The molecule has 2 aromatic rings. The van der Waals surface area contributed by atoms with Crippen molar-refractivity contribution in [2.75, 3.05) is 6.16 Å². The third-order valence-corrected chi connectivity index (χ3v) is 5.36. The second-order valence-corrected chi connectivity index (χ2v) is 8.10. The van der Waals surface area contributed by atoms with Crippen LogP contribution in [0, 0.1) is 5.92 Å². The van der Waals surface area contributed by atoms with Crippen molar-refractivity contribution in [3.63, 3.8) is 0 Å². The number of rotatable bonds is 6. The molecule has 0 amide bonds. The maximum Gasteiger partial charge on any atom is 0.430 e. The van der Waals surface area contributed by atoms with Crippen molar-refractivity contribution >= 4 is 30.8 Å². The normalized spacial score (nSPS) is 11.5. The highest BCUT2D eigenvalue weighted by Crippen LogP contribution is 2.50. The summed E-state index contributed by atoms with van der Waals surface area (Å²) >= 11 is 11.7. The van der Waals surface area contributed by atoms with Gasteiger partial charge in [-0.3, -0.25) is 0 Å². The Morgan fingerprint density at radius 1 is 0.864 bits per heavy atom. The minimum absolute atomic E-state index is 0.158. The molecule has 0 aromatic heterocycles. The Labute approximate surface area is 140 Å². The van der Waals surface area contributed by atoms with E-state index in [2.05, 4.69) is 0 Å². The average Bonchev–Trinajstić information content (AvgIpc) is 2.43. The summed E-state index contributed by atoms with van der Waals surface area (Å²) in [7, 11) is -3.34. The lowest BCUT2D eigenvalue weighted by molar-refractivity contribution is 0.379. The lowest BCUT2D eigenvalue weighted by Crippen LogP contribution is -2.09. The summed E-state index contributed by atoms with van der Waals surface area (Å²) in [4.78, 5) is 0. The number of benzene rings is 2. The first-order valence-corrected chi connectivity index (χ1v) is 9.34. The molecule has 0 atom stereocenters. The molecule has 0 saturated heterocycles. The van der Waals surface area contributed by atoms with Crippen LogP contribution in [0.25, 0.3) is 0 Å². The summed E-state index contributed by atoms with van der Waals surface area (Å²) in [5.74, 6) is 1.08. The predicted molar refractivity (Wildman–Crippen MR) is 91.5 cm³/mol. The molecule has 0 radical (unpaired) electrons. The van der Waals surface area contributed by atoms with Gasteiger partial charge in [0.2, 0.25) is 0 Å². The second-order valence-electron chi connectivity index (χ2n) is 5.28. The van der Waals surface area contributed by atoms with Crippen LogP contribution in [0.4, 0.5) is 0 Å². The van der Waals surface area contributed by atoms with Gasteiger partial charge in [0.1, 0.15) is 11.5 Å². The standard InChI is InChI=1S/C16H17Cl2O3P/c1-12(2)11-22(19,20-15-7-3-13(17)4-8-15)21-16-9-5-14(18)6-10-16/h3-10,12H,11H2,1-2H3. The van der Waals surface area contributed by atoms with E-state index in [1.54, 1.807) is 48.5 Å². The van der Waals surface area contributed by atoms with Crippen LogP contribution in [-0.4, -0.2) is 6.16 Å². The van der Waals surface area contributed by atoms with E-state index < -0.39 is 7.60 Å². The molecule has 6 heteroatoms. The largest absolute Gasteiger partial charge is 0.430 e. The molecular formula is C16H17Cl2O3P. The number of hydrogen-bond donors (Lipinski definition) is 0. The van der Waals surface area contributed by atoms with Crippen molar-refractivity contribution in [1.82, 2.24) is 0 Å². The quantitative estimate of drug-likeness (QED) is 0.568. The van der Waals surface area contributed by atoms with Crippen molar-refractivity contribution in [1.29, 1.82) is 0 Å². The fraction of sp³-hybridized carbons (Fsp3) is 0.250. The van der Waals surface area contributed by atoms with Gasteiger partial charge in [-0.1, -0.05) is 37.0 Å². The lowest BCUT2D eigenvalue weighted by atomic mass is 10.3. The lowest BCUT2D eigenvalue weighted by Gasteiger charge is -2.21. The first-order valence-electron chi connectivity index (χ1n) is 6.86. The van der Waals surface area contributed by atoms with E-state index in [1.165, 1.54) is 0 Å². The van der Waals surface area contributed by atoms with Crippen LogP contribution in [0.5, 0.6) is 11.5 Å². The highest BCUT2D eigenvalue weighted by Gasteiger charge is 2.29. The molecule has 0 aliphatic heterocycles. The zero-order valence-corrected chi connectivity index (χ0v) is 14.7. The fourth-order valence-corrected chi connectivity index (χ4v) is 4.07. The summed E-state index contributed by atoms with van der Waals surface area (Å²) in [6.45, 7) is 3.92. The van der Waals surface area contributed by atoms with Crippen molar-refractivity contribution in [2.45, 2.75) is 13.8 Å². The van der Waals surface area contributed by atoms with Crippen LogP contribution in [0.1, 0.15) is 13.8 Å². The summed E-state index contributed by atoms with van der Waals surface area (Å²) in [5.41, 5.74) is 0. The van der Waals surface area contributed by atoms with Crippen molar-refractivity contribution in [3.05, 3.63) is 58.6 Å². The first-order chi connectivity index (χ1) is 10.4. The minimum atomic E-state index is -3.34. The van der Waals surface area contributed by atoms with Gasteiger partial charge in [-0.15, -0.1) is 0 Å². The van der Waals surface area contributed by atoms with Crippen molar-refractivity contribution in [3.8, 4) is 11.5 Å². The third kappa shape index (κ3) is 5.24. The van der Waals surface area contributed by atoms with Gasteiger partial charge < -0.3 is 9.05 Å². The molecular weight excluding hydrogens is 342 g/mol. The molecule has 0 saturated carbocycles. The van der Waals surface area contributed by atoms with Crippen molar-refractivity contribution in [2.24, 2.45) is 5.92 Å². The van der Waals surface area contributed by atoms with Crippen LogP contribution in [-0.2, 0) is 4.57 Å². The van der Waals surface area contributed by atoms with E-state index in [-0.39, 0.29) is 5.92 Å². The molecule has 2 rings (SSSR count). The van der Waals surface area contributed by atoms with Crippen molar-refractivity contribution < 1.29 is 13.6 Å². The monoisotopic (exact) mass is 358 g/mol. The summed E-state index contributed by atoms with van der Waals surface area (Å²) in [6, 6.07) is 13.4. The van der Waals surface area contributed by atoms with E-state index in [0.29, 0.717) is 27.7 Å². The van der Waals surface area contributed by atoms with Gasteiger partial charge in [0.15, 0.2) is 0 Å². The maximum absolute atomic E-state index is 13.0. The Kier molecular flexibility index (Phi) is 5.80. The third-order valence-electron chi connectivity index (χ3n) is 2.71. The second kappa shape index (κ2) is 7.41. The first kappa shape index (κ1) is 17.2. The minimum Gasteiger partial charge on any atom is -0.416 e.